The van der Waals surface area contributed by atoms with Gasteiger partial charge in [-0.25, -0.2) is 4.79 Å². The van der Waals surface area contributed by atoms with Crippen LogP contribution in [-0.2, 0) is 0 Å². The second-order valence-electron chi connectivity index (χ2n) is 9.05. The summed E-state index contributed by atoms with van der Waals surface area (Å²) in [4.78, 5) is 20.0. The van der Waals surface area contributed by atoms with Crippen molar-refractivity contribution in [3.63, 3.8) is 0 Å². The molecule has 1 aromatic carbocycles. The Bertz CT molecular complexity index is 1210. The van der Waals surface area contributed by atoms with Gasteiger partial charge in [-0.2, -0.15) is 0 Å². The molecule has 4 heterocycles. The topological polar surface area (TPSA) is 39.9 Å². The largest absolute Gasteiger partial charge is 0.422 e. The van der Waals surface area contributed by atoms with Crippen molar-refractivity contribution in [1.29, 1.82) is 0 Å². The number of hydrogen-bond donors (Lipinski definition) is 0. The average molecular weight is 430 g/mol. The van der Waals surface area contributed by atoms with E-state index in [1.165, 1.54) is 5.57 Å². The first-order valence-corrected chi connectivity index (χ1v) is 11.6. The minimum atomic E-state index is -0.264. The number of rotatable bonds is 3. The van der Waals surface area contributed by atoms with Gasteiger partial charge in [0, 0.05) is 61.4 Å². The second-order valence-corrected chi connectivity index (χ2v) is 9.05. The van der Waals surface area contributed by atoms with Crippen LogP contribution < -0.4 is 10.5 Å². The molecule has 0 N–H and O–H groups in total. The van der Waals surface area contributed by atoms with E-state index in [0.29, 0.717) is 11.1 Å². The highest BCUT2D eigenvalue weighted by atomic mass is 16.4. The smallest absolute Gasteiger partial charge is 0.343 e. The Labute approximate surface area is 189 Å². The number of piperazine rings is 1. The lowest BCUT2D eigenvalue weighted by molar-refractivity contribution is 0.271. The van der Waals surface area contributed by atoms with Crippen LogP contribution in [0, 0.1) is 5.92 Å². The summed E-state index contributed by atoms with van der Waals surface area (Å²) in [5.74, 6) is 0.227. The lowest BCUT2D eigenvalue weighted by Crippen LogP contribution is -2.46. The number of nitrogens with zero attached hydrogens (tertiary/aromatic N) is 3. The van der Waals surface area contributed by atoms with E-state index in [2.05, 4.69) is 78.2 Å². The maximum atomic E-state index is 13.1. The van der Waals surface area contributed by atoms with Gasteiger partial charge in [-0.3, -0.25) is 0 Å². The van der Waals surface area contributed by atoms with Crippen LogP contribution in [0.25, 0.3) is 16.5 Å². The fourth-order valence-corrected chi connectivity index (χ4v) is 4.78. The van der Waals surface area contributed by atoms with Gasteiger partial charge in [-0.05, 0) is 61.2 Å². The van der Waals surface area contributed by atoms with E-state index in [9.17, 15) is 4.79 Å². The summed E-state index contributed by atoms with van der Waals surface area (Å²) >= 11 is 0. The predicted octanol–water partition coefficient (Wildman–Crippen LogP) is 4.98. The summed E-state index contributed by atoms with van der Waals surface area (Å²) in [6.07, 6.45) is 11.6. The molecule has 1 aromatic heterocycles. The van der Waals surface area contributed by atoms with Crippen LogP contribution in [0.4, 0.5) is 5.69 Å². The number of hydrogen-bond acceptors (Lipinski definition) is 5. The Hall–Kier alpha value is -3.05. The standard InChI is InChI=1S/C27H31N3O2/c1-4-28-11-13-29(14-12-28)23-10-7-21-15-24(27(31)32-26(21)16-23)25-18-30-17-19(2)5-8-22(30)9-6-20(25)3/h5,7-10,15-18,20H,4,6,11-14H2,1-3H3. The van der Waals surface area contributed by atoms with Crippen molar-refractivity contribution >= 4 is 22.2 Å². The third-order valence-electron chi connectivity index (χ3n) is 6.86. The Balaban J connectivity index is 1.48. The molecule has 1 atom stereocenters. The first kappa shape index (κ1) is 20.8. The molecule has 5 heteroatoms. The number of benzene rings is 1. The number of likely N-dealkylation sites (N-methyl/N-ethyl adjacent to an activating group) is 1. The van der Waals surface area contributed by atoms with Gasteiger partial charge in [-0.1, -0.05) is 26.0 Å². The monoisotopic (exact) mass is 429 g/mol. The number of fused-ring (bicyclic) bond motifs is 2. The molecule has 5 rings (SSSR count). The van der Waals surface area contributed by atoms with E-state index in [0.717, 1.165) is 61.5 Å². The molecule has 0 amide bonds. The lowest BCUT2D eigenvalue weighted by atomic mass is 9.93. The fourth-order valence-electron chi connectivity index (χ4n) is 4.78. The third kappa shape index (κ3) is 3.93. The Morgan fingerprint density at radius 2 is 1.88 bits per heavy atom. The summed E-state index contributed by atoms with van der Waals surface area (Å²) in [6, 6.07) is 8.26. The molecular weight excluding hydrogens is 398 g/mol. The van der Waals surface area contributed by atoms with Crippen molar-refractivity contribution in [2.24, 2.45) is 5.92 Å². The van der Waals surface area contributed by atoms with Crippen LogP contribution in [0.5, 0.6) is 0 Å². The highest BCUT2D eigenvalue weighted by Gasteiger charge is 2.22. The SMILES string of the molecule is CCN1CCN(c2ccc3cc(C4=CN5C=C(C)C=CC5=CCC4C)c(=O)oc3c2)CC1. The van der Waals surface area contributed by atoms with E-state index in [1.54, 1.807) is 0 Å². The summed E-state index contributed by atoms with van der Waals surface area (Å²) in [5, 5.41) is 0.964. The average Bonchev–Trinajstić information content (AvgIpc) is 2.96. The van der Waals surface area contributed by atoms with Crippen LogP contribution in [0.15, 0.2) is 75.4 Å². The van der Waals surface area contributed by atoms with Gasteiger partial charge in [0.1, 0.15) is 5.58 Å². The minimum Gasteiger partial charge on any atom is -0.422 e. The van der Waals surface area contributed by atoms with Gasteiger partial charge in [0.05, 0.1) is 5.56 Å². The van der Waals surface area contributed by atoms with E-state index >= 15 is 0 Å². The Kier molecular flexibility index (Phi) is 5.51. The van der Waals surface area contributed by atoms with Crippen molar-refractivity contribution in [2.45, 2.75) is 27.2 Å². The molecule has 1 saturated heterocycles. The molecule has 5 nitrogen and oxygen atoms in total. The highest BCUT2D eigenvalue weighted by molar-refractivity contribution is 5.84. The van der Waals surface area contributed by atoms with Crippen LogP contribution in [0.3, 0.4) is 0 Å². The number of allylic oxidation sites excluding steroid dienone is 5. The summed E-state index contributed by atoms with van der Waals surface area (Å²) in [7, 11) is 0. The van der Waals surface area contributed by atoms with E-state index in [1.807, 2.05) is 12.1 Å². The Morgan fingerprint density at radius 3 is 2.66 bits per heavy atom. The first-order valence-electron chi connectivity index (χ1n) is 11.6. The van der Waals surface area contributed by atoms with Gasteiger partial charge in [0.15, 0.2) is 0 Å². The molecular formula is C27H31N3O2. The molecule has 32 heavy (non-hydrogen) atoms. The van der Waals surface area contributed by atoms with Gasteiger partial charge < -0.3 is 19.1 Å². The fraction of sp³-hybridized carbons (Fsp3) is 0.370. The molecule has 3 aliphatic rings. The maximum Gasteiger partial charge on any atom is 0.343 e. The van der Waals surface area contributed by atoms with Gasteiger partial charge in [0.2, 0.25) is 0 Å². The zero-order chi connectivity index (χ0) is 22.2. The van der Waals surface area contributed by atoms with Crippen LogP contribution >= 0.6 is 0 Å². The third-order valence-corrected chi connectivity index (χ3v) is 6.86. The normalized spacial score (nSPS) is 21.7. The van der Waals surface area contributed by atoms with Gasteiger partial charge in [0.25, 0.3) is 0 Å². The second kappa shape index (κ2) is 8.47. The molecule has 166 valence electrons. The molecule has 3 aliphatic heterocycles. The van der Waals surface area contributed by atoms with E-state index in [-0.39, 0.29) is 11.5 Å². The highest BCUT2D eigenvalue weighted by Crippen LogP contribution is 2.33. The zero-order valence-electron chi connectivity index (χ0n) is 19.2. The molecule has 1 unspecified atom stereocenters. The molecule has 0 bridgehead atoms. The molecule has 0 saturated carbocycles. The van der Waals surface area contributed by atoms with Crippen LogP contribution in [0.1, 0.15) is 32.8 Å². The van der Waals surface area contributed by atoms with E-state index in [4.69, 9.17) is 4.42 Å². The summed E-state index contributed by atoms with van der Waals surface area (Å²) in [6.45, 7) is 11.7. The van der Waals surface area contributed by atoms with Gasteiger partial charge >= 0.3 is 5.63 Å². The Morgan fingerprint density at radius 1 is 1.06 bits per heavy atom. The quantitative estimate of drug-likeness (QED) is 0.644. The van der Waals surface area contributed by atoms with Crippen molar-refractivity contribution in [2.75, 3.05) is 37.6 Å². The molecule has 0 aliphatic carbocycles. The van der Waals surface area contributed by atoms with E-state index < -0.39 is 0 Å². The minimum absolute atomic E-state index is 0.227. The van der Waals surface area contributed by atoms with Crippen LogP contribution in [-0.4, -0.2) is 42.5 Å². The van der Waals surface area contributed by atoms with Crippen molar-refractivity contribution in [1.82, 2.24) is 9.80 Å². The number of anilines is 1. The molecule has 0 radical (unpaired) electrons. The summed E-state index contributed by atoms with van der Waals surface area (Å²) < 4.78 is 5.87. The molecule has 1 fully saturated rings. The van der Waals surface area contributed by atoms with Crippen molar-refractivity contribution < 1.29 is 4.42 Å². The first-order chi connectivity index (χ1) is 15.5. The maximum absolute atomic E-state index is 13.1. The molecule has 0 spiro atoms. The van der Waals surface area contributed by atoms with Gasteiger partial charge in [-0.15, -0.1) is 0 Å². The lowest BCUT2D eigenvalue weighted by Gasteiger charge is -2.35. The van der Waals surface area contributed by atoms with Crippen molar-refractivity contribution in [3.8, 4) is 0 Å². The summed E-state index contributed by atoms with van der Waals surface area (Å²) in [5.41, 5.74) is 5.53. The molecule has 2 aromatic rings. The van der Waals surface area contributed by atoms with Crippen LogP contribution in [0.2, 0.25) is 0 Å². The predicted molar refractivity (Wildman–Crippen MR) is 131 cm³/mol. The zero-order valence-corrected chi connectivity index (χ0v) is 19.2. The van der Waals surface area contributed by atoms with Crippen molar-refractivity contribution in [3.05, 3.63) is 82.1 Å².